The number of nitrogens with zero attached hydrogens (tertiary/aromatic N) is 3. The molecule has 9 nitrogen and oxygen atoms in total. The van der Waals surface area contributed by atoms with Crippen LogP contribution in [0.4, 0.5) is 5.82 Å². The van der Waals surface area contributed by atoms with E-state index in [0.29, 0.717) is 69.9 Å². The Bertz CT molecular complexity index is 1650. The Morgan fingerprint density at radius 1 is 0.667 bits per heavy atom. The van der Waals surface area contributed by atoms with Crippen LogP contribution in [-0.4, -0.2) is 70.3 Å². The third kappa shape index (κ3) is 4.39. The van der Waals surface area contributed by atoms with Crippen LogP contribution in [0, 0.1) is 0 Å². The number of piperazine rings is 1. The van der Waals surface area contributed by atoms with Gasteiger partial charge in [0.1, 0.15) is 32.2 Å². The summed E-state index contributed by atoms with van der Waals surface area (Å²) in [6.45, 7) is 3.60. The Morgan fingerprint density at radius 2 is 1.31 bits per heavy atom. The number of hydrogen-bond acceptors (Lipinski definition) is 8. The average Bonchev–Trinajstić information content (AvgIpc) is 2.99. The molecule has 4 aromatic rings. The zero-order chi connectivity index (χ0) is 26.4. The maximum absolute atomic E-state index is 13.4. The van der Waals surface area contributed by atoms with E-state index in [9.17, 15) is 8.42 Å². The van der Waals surface area contributed by atoms with Crippen LogP contribution in [-0.2, 0) is 10.0 Å². The van der Waals surface area contributed by atoms with Gasteiger partial charge < -0.3 is 23.8 Å². The monoisotopic (exact) mass is 545 g/mol. The molecule has 0 aliphatic carbocycles. The molecule has 1 saturated heterocycles. The lowest BCUT2D eigenvalue weighted by molar-refractivity contribution is 0.171. The SMILES string of the molecule is O=S(=O)(c1ccc2c(c1)OCCO2)N1CCN(c2cc(-c3ccccc3)c3cc4c(cc3n2)OCCO4)CC1. The van der Waals surface area contributed by atoms with Gasteiger partial charge in [0.2, 0.25) is 10.0 Å². The fourth-order valence-corrected chi connectivity index (χ4v) is 6.70. The van der Waals surface area contributed by atoms with Crippen LogP contribution in [0.15, 0.2) is 71.6 Å². The molecule has 10 heteroatoms. The van der Waals surface area contributed by atoms with Crippen molar-refractivity contribution in [3.05, 3.63) is 66.7 Å². The highest BCUT2D eigenvalue weighted by atomic mass is 32.2. The van der Waals surface area contributed by atoms with Gasteiger partial charge in [0.25, 0.3) is 0 Å². The summed E-state index contributed by atoms with van der Waals surface area (Å²) in [5.74, 6) is 3.24. The molecule has 39 heavy (non-hydrogen) atoms. The van der Waals surface area contributed by atoms with Crippen molar-refractivity contribution in [2.75, 3.05) is 57.5 Å². The van der Waals surface area contributed by atoms with Gasteiger partial charge in [-0.25, -0.2) is 13.4 Å². The van der Waals surface area contributed by atoms with Gasteiger partial charge in [-0.05, 0) is 35.4 Å². The number of aromatic nitrogens is 1. The van der Waals surface area contributed by atoms with E-state index in [1.807, 2.05) is 30.3 Å². The number of rotatable bonds is 4. The van der Waals surface area contributed by atoms with Gasteiger partial charge in [-0.3, -0.25) is 0 Å². The third-order valence-corrected chi connectivity index (χ3v) is 9.15. The summed E-state index contributed by atoms with van der Waals surface area (Å²) in [7, 11) is -3.68. The van der Waals surface area contributed by atoms with E-state index in [0.717, 1.165) is 33.6 Å². The normalized spacial score (nSPS) is 17.3. The molecule has 3 aliphatic rings. The summed E-state index contributed by atoms with van der Waals surface area (Å²) in [6.07, 6.45) is 0. The van der Waals surface area contributed by atoms with E-state index in [4.69, 9.17) is 23.9 Å². The molecule has 1 aromatic heterocycles. The first kappa shape index (κ1) is 24.1. The molecule has 3 aliphatic heterocycles. The molecular formula is C29H27N3O6S. The number of fused-ring (bicyclic) bond motifs is 3. The second kappa shape index (κ2) is 9.62. The number of pyridine rings is 1. The molecule has 0 amide bonds. The largest absolute Gasteiger partial charge is 0.486 e. The van der Waals surface area contributed by atoms with E-state index in [-0.39, 0.29) is 4.90 Å². The predicted molar refractivity (Wildman–Crippen MR) is 147 cm³/mol. The van der Waals surface area contributed by atoms with Crippen LogP contribution in [0.1, 0.15) is 0 Å². The summed E-state index contributed by atoms with van der Waals surface area (Å²) in [5, 5.41) is 0.981. The van der Waals surface area contributed by atoms with Gasteiger partial charge in [-0.2, -0.15) is 4.31 Å². The van der Waals surface area contributed by atoms with Gasteiger partial charge in [-0.1, -0.05) is 30.3 Å². The molecule has 0 unspecified atom stereocenters. The fourth-order valence-electron chi connectivity index (χ4n) is 5.26. The van der Waals surface area contributed by atoms with E-state index in [2.05, 4.69) is 23.1 Å². The van der Waals surface area contributed by atoms with Gasteiger partial charge in [0, 0.05) is 43.7 Å². The van der Waals surface area contributed by atoms with Crippen LogP contribution >= 0.6 is 0 Å². The van der Waals surface area contributed by atoms with Crippen molar-refractivity contribution in [2.45, 2.75) is 4.90 Å². The highest BCUT2D eigenvalue weighted by Gasteiger charge is 2.30. The molecule has 0 N–H and O–H groups in total. The Labute approximate surface area is 226 Å². The molecule has 0 spiro atoms. The highest BCUT2D eigenvalue weighted by molar-refractivity contribution is 7.89. The molecule has 1 fully saturated rings. The lowest BCUT2D eigenvalue weighted by Crippen LogP contribution is -2.48. The predicted octanol–water partition coefficient (Wildman–Crippen LogP) is 3.96. The average molecular weight is 546 g/mol. The molecule has 3 aromatic carbocycles. The van der Waals surface area contributed by atoms with Crippen LogP contribution < -0.4 is 23.8 Å². The Kier molecular flexibility index (Phi) is 5.93. The maximum atomic E-state index is 13.4. The van der Waals surface area contributed by atoms with Crippen molar-refractivity contribution < 1.29 is 27.4 Å². The first-order valence-electron chi connectivity index (χ1n) is 13.0. The standard InChI is InChI=1S/C29H27N3O6S/c33-39(34,21-6-7-25-26(16-21)36-13-12-35-25)32-10-8-31(9-11-32)29-18-22(20-4-2-1-3-5-20)23-17-27-28(19-24(23)30-29)38-15-14-37-27/h1-7,16-19H,8-15H2. The third-order valence-electron chi connectivity index (χ3n) is 7.26. The maximum Gasteiger partial charge on any atom is 0.243 e. The second-order valence-electron chi connectivity index (χ2n) is 9.60. The smallest absolute Gasteiger partial charge is 0.243 e. The number of anilines is 1. The van der Waals surface area contributed by atoms with Crippen molar-refractivity contribution in [3.8, 4) is 34.1 Å². The van der Waals surface area contributed by atoms with E-state index < -0.39 is 10.0 Å². The minimum Gasteiger partial charge on any atom is -0.486 e. The number of sulfonamides is 1. The molecule has 0 atom stereocenters. The van der Waals surface area contributed by atoms with Crippen molar-refractivity contribution >= 4 is 26.7 Å². The first-order valence-corrected chi connectivity index (χ1v) is 14.4. The number of hydrogen-bond donors (Lipinski definition) is 0. The van der Waals surface area contributed by atoms with Gasteiger partial charge in [0.05, 0.1) is 10.4 Å². The second-order valence-corrected chi connectivity index (χ2v) is 11.5. The lowest BCUT2D eigenvalue weighted by atomic mass is 10.00. The van der Waals surface area contributed by atoms with Crippen molar-refractivity contribution in [2.24, 2.45) is 0 Å². The van der Waals surface area contributed by atoms with Gasteiger partial charge in [0.15, 0.2) is 23.0 Å². The van der Waals surface area contributed by atoms with Crippen molar-refractivity contribution in [3.63, 3.8) is 0 Å². The topological polar surface area (TPSA) is 90.4 Å². The summed E-state index contributed by atoms with van der Waals surface area (Å²) in [5.41, 5.74) is 2.92. The minimum atomic E-state index is -3.68. The molecule has 7 rings (SSSR count). The van der Waals surface area contributed by atoms with Crippen LogP contribution in [0.25, 0.3) is 22.0 Å². The van der Waals surface area contributed by atoms with Crippen molar-refractivity contribution in [1.29, 1.82) is 0 Å². The number of benzene rings is 3. The molecule has 0 saturated carbocycles. The zero-order valence-corrected chi connectivity index (χ0v) is 22.0. The van der Waals surface area contributed by atoms with Crippen molar-refractivity contribution in [1.82, 2.24) is 9.29 Å². The Hall–Kier alpha value is -4.02. The van der Waals surface area contributed by atoms with Gasteiger partial charge >= 0.3 is 0 Å². The molecular weight excluding hydrogens is 518 g/mol. The van der Waals surface area contributed by atoms with E-state index >= 15 is 0 Å². The molecule has 200 valence electrons. The Balaban J connectivity index is 1.18. The number of ether oxygens (including phenoxy) is 4. The highest BCUT2D eigenvalue weighted by Crippen LogP contribution is 2.40. The summed E-state index contributed by atoms with van der Waals surface area (Å²) < 4.78 is 51.2. The van der Waals surface area contributed by atoms with E-state index in [1.54, 1.807) is 18.2 Å². The molecule has 0 radical (unpaired) electrons. The first-order chi connectivity index (χ1) is 19.1. The summed E-state index contributed by atoms with van der Waals surface area (Å²) in [4.78, 5) is 7.33. The molecule has 0 bridgehead atoms. The molecule has 4 heterocycles. The fraction of sp³-hybridized carbons (Fsp3) is 0.276. The van der Waals surface area contributed by atoms with Crippen LogP contribution in [0.5, 0.6) is 23.0 Å². The van der Waals surface area contributed by atoms with Crippen LogP contribution in [0.2, 0.25) is 0 Å². The summed E-state index contributed by atoms with van der Waals surface area (Å²) in [6, 6.07) is 21.0. The van der Waals surface area contributed by atoms with E-state index in [1.165, 1.54) is 4.31 Å². The summed E-state index contributed by atoms with van der Waals surface area (Å²) >= 11 is 0. The lowest BCUT2D eigenvalue weighted by Gasteiger charge is -2.35. The zero-order valence-electron chi connectivity index (χ0n) is 21.2. The quantitative estimate of drug-likeness (QED) is 0.381. The van der Waals surface area contributed by atoms with Gasteiger partial charge in [-0.15, -0.1) is 0 Å². The van der Waals surface area contributed by atoms with Crippen LogP contribution in [0.3, 0.4) is 0 Å². The minimum absolute atomic E-state index is 0.211. The Morgan fingerprint density at radius 3 is 2.03 bits per heavy atom.